The quantitative estimate of drug-likeness (QED) is 0.596. The molecular weight excluding hydrogens is 300 g/mol. The number of fused-ring (bicyclic) bond motifs is 1. The van der Waals surface area contributed by atoms with E-state index in [-0.39, 0.29) is 0 Å². The zero-order chi connectivity index (χ0) is 15.7. The van der Waals surface area contributed by atoms with Crippen molar-refractivity contribution in [2.45, 2.75) is 0 Å². The lowest BCUT2D eigenvalue weighted by molar-refractivity contribution is -0.116. The maximum Gasteiger partial charge on any atom is 0.293 e. The van der Waals surface area contributed by atoms with Gasteiger partial charge in [0.2, 0.25) is 0 Å². The molecule has 2 heterocycles. The van der Waals surface area contributed by atoms with Crippen LogP contribution in [-0.2, 0) is 4.79 Å². The van der Waals surface area contributed by atoms with Gasteiger partial charge in [0.05, 0.1) is 0 Å². The van der Waals surface area contributed by atoms with Crippen molar-refractivity contribution in [3.63, 3.8) is 0 Å². The van der Waals surface area contributed by atoms with E-state index in [9.17, 15) is 9.59 Å². The van der Waals surface area contributed by atoms with Gasteiger partial charge in [0, 0.05) is 29.3 Å². The number of carbonyl (C=O) groups is 2. The second kappa shape index (κ2) is 5.66. The fourth-order valence-corrected chi connectivity index (χ4v) is 2.55. The zero-order valence-corrected chi connectivity index (χ0v) is 12.6. The fourth-order valence-electron chi connectivity index (χ4n) is 2.43. The molecule has 2 aromatic heterocycles. The maximum atomic E-state index is 12.5. The smallest absolute Gasteiger partial charge is 0.293 e. The predicted octanol–water partition coefficient (Wildman–Crippen LogP) is 3.19. The van der Waals surface area contributed by atoms with Crippen molar-refractivity contribution in [1.82, 2.24) is 9.72 Å². The molecule has 0 aliphatic carbocycles. The molecule has 0 spiro atoms. The summed E-state index contributed by atoms with van der Waals surface area (Å²) in [5, 5.41) is 3.00. The van der Waals surface area contributed by atoms with Crippen LogP contribution in [0.25, 0.3) is 16.6 Å². The second-order valence-corrected chi connectivity index (χ2v) is 5.25. The average Bonchev–Trinajstić information content (AvgIpc) is 2.93. The largest absolute Gasteiger partial charge is 0.352 e. The van der Waals surface area contributed by atoms with E-state index < -0.39 is 11.7 Å². The molecule has 1 aromatic carbocycles. The van der Waals surface area contributed by atoms with Gasteiger partial charge in [-0.1, -0.05) is 29.8 Å². The van der Waals surface area contributed by atoms with Crippen molar-refractivity contribution < 1.29 is 9.59 Å². The molecule has 0 saturated carbocycles. The molecule has 0 unspecified atom stereocenters. The number of ketones is 1. The first-order chi connectivity index (χ1) is 10.6. The minimum Gasteiger partial charge on any atom is -0.352 e. The highest BCUT2D eigenvalue weighted by Gasteiger charge is 2.23. The summed E-state index contributed by atoms with van der Waals surface area (Å²) in [5.41, 5.74) is 2.73. The number of benzene rings is 1. The molecule has 0 saturated heterocycles. The van der Waals surface area contributed by atoms with Crippen LogP contribution in [0.4, 0.5) is 0 Å². The Bertz CT molecular complexity index is 866. The van der Waals surface area contributed by atoms with Crippen LogP contribution in [0.5, 0.6) is 0 Å². The van der Waals surface area contributed by atoms with Crippen molar-refractivity contribution in [3.05, 3.63) is 65.4 Å². The van der Waals surface area contributed by atoms with Gasteiger partial charge in [-0.3, -0.25) is 9.59 Å². The van der Waals surface area contributed by atoms with Crippen molar-refractivity contribution in [1.29, 1.82) is 0 Å². The third-order valence-corrected chi connectivity index (χ3v) is 3.74. The number of halogens is 1. The topological polar surface area (TPSA) is 50.6 Å². The summed E-state index contributed by atoms with van der Waals surface area (Å²) in [6.45, 7) is 0. The molecule has 3 aromatic rings. The van der Waals surface area contributed by atoms with Crippen LogP contribution in [0.3, 0.4) is 0 Å². The Labute approximate surface area is 132 Å². The van der Waals surface area contributed by atoms with Gasteiger partial charge in [-0.15, -0.1) is 0 Å². The Kier molecular flexibility index (Phi) is 3.69. The van der Waals surface area contributed by atoms with Gasteiger partial charge in [-0.2, -0.15) is 0 Å². The van der Waals surface area contributed by atoms with Crippen LogP contribution in [-0.4, -0.2) is 23.1 Å². The van der Waals surface area contributed by atoms with Gasteiger partial charge in [0.25, 0.3) is 11.7 Å². The molecule has 0 aliphatic rings. The summed E-state index contributed by atoms with van der Waals surface area (Å²) >= 11 is 5.92. The first-order valence-electron chi connectivity index (χ1n) is 6.74. The van der Waals surface area contributed by atoms with E-state index in [1.54, 1.807) is 22.7 Å². The molecular formula is C17H13ClN2O2. The number of hydrogen-bond acceptors (Lipinski definition) is 2. The number of hydrogen-bond donors (Lipinski definition) is 1. The van der Waals surface area contributed by atoms with Gasteiger partial charge >= 0.3 is 0 Å². The number of Topliss-reactive ketones (excluding diaryl/α,β-unsaturated/α-hetero) is 1. The Hall–Kier alpha value is -2.59. The van der Waals surface area contributed by atoms with Crippen LogP contribution in [0, 0.1) is 0 Å². The Balaban J connectivity index is 2.27. The molecule has 0 bridgehead atoms. The van der Waals surface area contributed by atoms with E-state index in [2.05, 4.69) is 5.32 Å². The number of nitrogens with one attached hydrogen (secondary N) is 1. The van der Waals surface area contributed by atoms with Crippen LogP contribution < -0.4 is 5.32 Å². The molecule has 4 nitrogen and oxygen atoms in total. The van der Waals surface area contributed by atoms with E-state index in [4.69, 9.17) is 11.6 Å². The summed E-state index contributed by atoms with van der Waals surface area (Å²) in [6.07, 6.45) is 1.77. The molecule has 3 rings (SSSR count). The molecule has 22 heavy (non-hydrogen) atoms. The highest BCUT2D eigenvalue weighted by molar-refractivity contribution is 6.43. The minimum absolute atomic E-state index is 0.345. The monoisotopic (exact) mass is 312 g/mol. The SMILES string of the molecule is CNC(=O)C(=O)c1c(-c2ccc(Cl)cc2)cc2ccccn12. The number of likely N-dealkylation sites (N-methyl/N-ethyl adjacent to an activating group) is 1. The molecule has 110 valence electrons. The normalized spacial score (nSPS) is 10.6. The highest BCUT2D eigenvalue weighted by atomic mass is 35.5. The van der Waals surface area contributed by atoms with Gasteiger partial charge in [0.1, 0.15) is 5.69 Å². The lowest BCUT2D eigenvalue weighted by atomic mass is 10.0. The van der Waals surface area contributed by atoms with Crippen LogP contribution in [0.1, 0.15) is 10.5 Å². The van der Waals surface area contributed by atoms with Crippen molar-refractivity contribution in [3.8, 4) is 11.1 Å². The van der Waals surface area contributed by atoms with E-state index in [1.165, 1.54) is 7.05 Å². The third-order valence-electron chi connectivity index (χ3n) is 3.48. The number of pyridine rings is 1. The van der Waals surface area contributed by atoms with Crippen molar-refractivity contribution in [2.75, 3.05) is 7.05 Å². The molecule has 0 fully saturated rings. The van der Waals surface area contributed by atoms with Crippen molar-refractivity contribution >= 4 is 28.8 Å². The molecule has 0 atom stereocenters. The minimum atomic E-state index is -0.640. The summed E-state index contributed by atoms with van der Waals surface area (Å²) in [7, 11) is 1.44. The van der Waals surface area contributed by atoms with Gasteiger partial charge in [-0.25, -0.2) is 0 Å². The lowest BCUT2D eigenvalue weighted by Gasteiger charge is -2.05. The predicted molar refractivity (Wildman–Crippen MR) is 86.2 cm³/mol. The second-order valence-electron chi connectivity index (χ2n) is 4.82. The molecule has 1 amide bonds. The molecule has 5 heteroatoms. The molecule has 0 aliphatic heterocycles. The lowest BCUT2D eigenvalue weighted by Crippen LogP contribution is -2.28. The zero-order valence-electron chi connectivity index (χ0n) is 11.8. The maximum absolute atomic E-state index is 12.5. The summed E-state index contributed by atoms with van der Waals surface area (Å²) in [4.78, 5) is 24.2. The van der Waals surface area contributed by atoms with Crippen LogP contribution >= 0.6 is 11.6 Å². The van der Waals surface area contributed by atoms with Gasteiger partial charge in [0.15, 0.2) is 0 Å². The van der Waals surface area contributed by atoms with Gasteiger partial charge in [-0.05, 0) is 35.9 Å². The number of amides is 1. The summed E-state index contributed by atoms with van der Waals surface area (Å²) in [6, 6.07) is 14.7. The first-order valence-corrected chi connectivity index (χ1v) is 7.12. The van der Waals surface area contributed by atoms with Crippen molar-refractivity contribution in [2.24, 2.45) is 0 Å². The first kappa shape index (κ1) is 14.4. The van der Waals surface area contributed by atoms with Crippen LogP contribution in [0.2, 0.25) is 5.02 Å². The van der Waals surface area contributed by atoms with E-state index in [0.717, 1.165) is 11.1 Å². The third kappa shape index (κ3) is 2.38. The van der Waals surface area contributed by atoms with E-state index >= 15 is 0 Å². The summed E-state index contributed by atoms with van der Waals surface area (Å²) in [5.74, 6) is -1.21. The number of carbonyl (C=O) groups excluding carboxylic acids is 2. The van der Waals surface area contributed by atoms with E-state index in [1.807, 2.05) is 36.4 Å². The number of aromatic nitrogens is 1. The number of rotatable bonds is 3. The fraction of sp³-hybridized carbons (Fsp3) is 0.0588. The Morgan fingerprint density at radius 3 is 2.50 bits per heavy atom. The standard InChI is InChI=1S/C17H13ClN2O2/c1-19-17(22)16(21)15-14(11-5-7-12(18)8-6-11)10-13-4-2-3-9-20(13)15/h2-10H,1H3,(H,19,22). The molecule has 1 N–H and O–H groups in total. The average molecular weight is 313 g/mol. The highest BCUT2D eigenvalue weighted by Crippen LogP contribution is 2.29. The number of nitrogens with zero attached hydrogens (tertiary/aromatic N) is 1. The summed E-state index contributed by atoms with van der Waals surface area (Å²) < 4.78 is 1.72. The van der Waals surface area contributed by atoms with Crippen LogP contribution in [0.15, 0.2) is 54.7 Å². The van der Waals surface area contributed by atoms with E-state index in [0.29, 0.717) is 16.3 Å². The Morgan fingerprint density at radius 1 is 1.09 bits per heavy atom. The van der Waals surface area contributed by atoms with Gasteiger partial charge < -0.3 is 9.72 Å². The molecule has 0 radical (unpaired) electrons. The Morgan fingerprint density at radius 2 is 1.82 bits per heavy atom.